The molecule has 0 fully saturated rings. The van der Waals surface area contributed by atoms with Crippen molar-refractivity contribution in [2.75, 3.05) is 7.11 Å². The zero-order chi connectivity index (χ0) is 19.2. The molecular weight excluding hydrogens is 364 g/mol. The zero-order valence-corrected chi connectivity index (χ0v) is 17.7. The number of hydrogen-bond acceptors (Lipinski definition) is 3. The van der Waals surface area contributed by atoms with Crippen LogP contribution < -0.4 is 4.74 Å². The molecule has 1 atom stereocenters. The average molecular weight is 391 g/mol. The van der Waals surface area contributed by atoms with Gasteiger partial charge < -0.3 is 9.16 Å². The lowest BCUT2D eigenvalue weighted by molar-refractivity contribution is 0.0772. The maximum Gasteiger partial charge on any atom is 0.194 e. The monoisotopic (exact) mass is 390 g/mol. The van der Waals surface area contributed by atoms with Gasteiger partial charge in [-0.15, -0.1) is 0 Å². The molecule has 0 spiro atoms. The quantitative estimate of drug-likeness (QED) is 0.372. The summed E-state index contributed by atoms with van der Waals surface area (Å²) in [7, 11) is -0.358. The third kappa shape index (κ3) is 4.75. The van der Waals surface area contributed by atoms with Crippen LogP contribution in [0.1, 0.15) is 42.8 Å². The lowest BCUT2D eigenvalue weighted by Gasteiger charge is -2.33. The van der Waals surface area contributed by atoms with Crippen molar-refractivity contribution in [3.05, 3.63) is 64.7 Å². The molecule has 0 aromatic heterocycles. The third-order valence-corrected chi connectivity index (χ3v) is 9.94. The van der Waals surface area contributed by atoms with Crippen LogP contribution in [0.5, 0.6) is 5.75 Å². The fraction of sp³-hybridized carbons (Fsp3) is 0.381. The number of carbonyl (C=O) groups is 1. The maximum atomic E-state index is 13.3. The first kappa shape index (κ1) is 20.7. The van der Waals surface area contributed by atoms with Crippen LogP contribution in [0.3, 0.4) is 0 Å². The van der Waals surface area contributed by atoms with Gasteiger partial charge in [0, 0.05) is 10.6 Å². The Morgan fingerprint density at radius 3 is 1.96 bits per heavy atom. The minimum absolute atomic E-state index is 0.0257. The normalized spacial score (nSPS) is 12.7. The molecule has 0 heterocycles. The van der Waals surface area contributed by atoms with E-state index in [2.05, 4.69) is 20.8 Å². The molecule has 2 aromatic carbocycles. The Balaban J connectivity index is 2.41. The van der Waals surface area contributed by atoms with E-state index >= 15 is 0 Å². The first-order valence-corrected chi connectivity index (χ1v) is 12.0. The molecular formula is C21H27ClO3Si. The van der Waals surface area contributed by atoms with Crippen LogP contribution in [-0.4, -0.2) is 21.2 Å². The highest BCUT2D eigenvalue weighted by molar-refractivity contribution is 6.73. The molecule has 0 radical (unpaired) electrons. The van der Waals surface area contributed by atoms with Gasteiger partial charge in [0.05, 0.1) is 7.11 Å². The molecule has 0 bridgehead atoms. The molecule has 0 saturated heterocycles. The summed E-state index contributed by atoms with van der Waals surface area (Å²) in [6, 6.07) is 17.5. The van der Waals surface area contributed by atoms with Crippen LogP contribution in [0.2, 0.25) is 23.2 Å². The van der Waals surface area contributed by atoms with Gasteiger partial charge in [-0.05, 0) is 60.1 Å². The molecule has 3 nitrogen and oxygen atoms in total. The van der Waals surface area contributed by atoms with Gasteiger partial charge in [-0.3, -0.25) is 4.79 Å². The van der Waals surface area contributed by atoms with Gasteiger partial charge in [0.15, 0.2) is 14.1 Å². The van der Waals surface area contributed by atoms with E-state index in [1.54, 1.807) is 31.4 Å². The van der Waals surface area contributed by atoms with Crippen molar-refractivity contribution in [3.63, 3.8) is 0 Å². The maximum absolute atomic E-state index is 13.3. The minimum Gasteiger partial charge on any atom is -0.497 e. The molecule has 140 valence electrons. The summed E-state index contributed by atoms with van der Waals surface area (Å²) >= 11 is 6.03. The molecule has 5 heteroatoms. The number of halogens is 1. The van der Waals surface area contributed by atoms with Crippen LogP contribution in [-0.2, 0) is 4.43 Å². The predicted octanol–water partition coefficient (Wildman–Crippen LogP) is 6.29. The summed E-state index contributed by atoms with van der Waals surface area (Å²) in [6.07, 6.45) is -0.604. The predicted molar refractivity (Wildman–Crippen MR) is 110 cm³/mol. The Labute approximate surface area is 162 Å². The number of ether oxygens (including phenoxy) is 1. The number of hydrogen-bond donors (Lipinski definition) is 0. The van der Waals surface area contributed by atoms with Crippen LogP contribution in [0, 0.1) is 0 Å². The summed E-state index contributed by atoms with van der Waals surface area (Å²) in [5.41, 5.74) is 1.47. The first-order chi connectivity index (χ1) is 12.5. The molecule has 0 aliphatic carbocycles. The lowest BCUT2D eigenvalue weighted by atomic mass is 10.00. The van der Waals surface area contributed by atoms with E-state index in [0.29, 0.717) is 10.6 Å². The minimum atomic E-state index is -1.97. The van der Waals surface area contributed by atoms with Crippen molar-refractivity contribution in [3.8, 4) is 5.75 Å². The second kappa shape index (κ2) is 9.35. The molecule has 0 saturated carbocycles. The van der Waals surface area contributed by atoms with E-state index in [-0.39, 0.29) is 5.78 Å². The van der Waals surface area contributed by atoms with E-state index in [9.17, 15) is 4.79 Å². The molecule has 0 aliphatic heterocycles. The smallest absolute Gasteiger partial charge is 0.194 e. The summed E-state index contributed by atoms with van der Waals surface area (Å²) < 4.78 is 11.8. The van der Waals surface area contributed by atoms with Gasteiger partial charge in [-0.25, -0.2) is 0 Å². The van der Waals surface area contributed by atoms with Crippen LogP contribution in [0.25, 0.3) is 0 Å². The van der Waals surface area contributed by atoms with Crippen molar-refractivity contribution < 1.29 is 14.0 Å². The standard InChI is InChI=1S/C21H27ClO3Si/c1-5-26(6-2,7-3)25-21(17-8-12-18(22)13-9-17)20(23)16-10-14-19(24-4)15-11-16/h8-15,21H,5-7H2,1-4H3. The highest BCUT2D eigenvalue weighted by Crippen LogP contribution is 2.33. The fourth-order valence-corrected chi connectivity index (χ4v) is 5.94. The summed E-state index contributed by atoms with van der Waals surface area (Å²) in [6.45, 7) is 6.49. The highest BCUT2D eigenvalue weighted by atomic mass is 35.5. The fourth-order valence-electron chi connectivity index (χ4n) is 3.07. The number of Topliss-reactive ketones (excluding diaryl/α,β-unsaturated/α-hetero) is 1. The van der Waals surface area contributed by atoms with E-state index in [1.165, 1.54) is 0 Å². The Morgan fingerprint density at radius 2 is 1.50 bits per heavy atom. The number of rotatable bonds is 9. The van der Waals surface area contributed by atoms with E-state index in [0.717, 1.165) is 29.4 Å². The van der Waals surface area contributed by atoms with Crippen molar-refractivity contribution in [1.29, 1.82) is 0 Å². The number of ketones is 1. The second-order valence-corrected chi connectivity index (χ2v) is 11.5. The van der Waals surface area contributed by atoms with Gasteiger partial charge in [0.1, 0.15) is 11.9 Å². The average Bonchev–Trinajstić information content (AvgIpc) is 2.70. The third-order valence-electron chi connectivity index (χ3n) is 5.09. The van der Waals surface area contributed by atoms with Gasteiger partial charge in [0.2, 0.25) is 0 Å². The lowest BCUT2D eigenvalue weighted by Crippen LogP contribution is -2.39. The summed E-state index contributed by atoms with van der Waals surface area (Å²) in [5, 5.41) is 0.648. The largest absolute Gasteiger partial charge is 0.497 e. The Hall–Kier alpha value is -1.62. The molecule has 0 aliphatic rings. The molecule has 2 aromatic rings. The Morgan fingerprint density at radius 1 is 0.962 bits per heavy atom. The molecule has 1 unspecified atom stereocenters. The molecule has 2 rings (SSSR count). The van der Waals surface area contributed by atoms with Gasteiger partial charge in [0.25, 0.3) is 0 Å². The molecule has 26 heavy (non-hydrogen) atoms. The highest BCUT2D eigenvalue weighted by Gasteiger charge is 2.35. The van der Waals surface area contributed by atoms with Crippen molar-refractivity contribution in [2.24, 2.45) is 0 Å². The van der Waals surface area contributed by atoms with Crippen molar-refractivity contribution in [1.82, 2.24) is 0 Å². The number of benzene rings is 2. The Bertz CT molecular complexity index is 701. The SMILES string of the molecule is CC[Si](CC)(CC)OC(C(=O)c1ccc(OC)cc1)c1ccc(Cl)cc1. The molecule has 0 N–H and O–H groups in total. The number of methoxy groups -OCH3 is 1. The van der Waals surface area contributed by atoms with Crippen LogP contribution in [0.15, 0.2) is 48.5 Å². The van der Waals surface area contributed by atoms with Gasteiger partial charge in [-0.1, -0.05) is 44.5 Å². The number of carbonyl (C=O) groups excluding carboxylic acids is 1. The topological polar surface area (TPSA) is 35.5 Å². The van der Waals surface area contributed by atoms with Gasteiger partial charge in [-0.2, -0.15) is 0 Å². The van der Waals surface area contributed by atoms with Gasteiger partial charge >= 0.3 is 0 Å². The van der Waals surface area contributed by atoms with E-state index in [1.807, 2.05) is 24.3 Å². The zero-order valence-electron chi connectivity index (χ0n) is 15.9. The Kier molecular flexibility index (Phi) is 7.44. The van der Waals surface area contributed by atoms with Crippen LogP contribution >= 0.6 is 11.6 Å². The van der Waals surface area contributed by atoms with Crippen LogP contribution in [0.4, 0.5) is 0 Å². The van der Waals surface area contributed by atoms with E-state index < -0.39 is 14.4 Å². The van der Waals surface area contributed by atoms with Crippen molar-refractivity contribution >= 4 is 25.7 Å². The first-order valence-electron chi connectivity index (χ1n) is 9.10. The summed E-state index contributed by atoms with van der Waals surface area (Å²) in [4.78, 5) is 13.3. The summed E-state index contributed by atoms with van der Waals surface area (Å²) in [5.74, 6) is 0.701. The van der Waals surface area contributed by atoms with E-state index in [4.69, 9.17) is 20.8 Å². The second-order valence-electron chi connectivity index (χ2n) is 6.39. The van der Waals surface area contributed by atoms with Crippen molar-refractivity contribution in [2.45, 2.75) is 45.0 Å². The molecule has 0 amide bonds.